The predicted octanol–water partition coefficient (Wildman–Crippen LogP) is 2.77. The van der Waals surface area contributed by atoms with Gasteiger partial charge in [-0.25, -0.2) is 4.98 Å². The zero-order valence-corrected chi connectivity index (χ0v) is 10.8. The van der Waals surface area contributed by atoms with Crippen LogP contribution in [0.25, 0.3) is 0 Å². The van der Waals surface area contributed by atoms with E-state index in [1.54, 1.807) is 13.3 Å². The Bertz CT molecular complexity index is 572. The summed E-state index contributed by atoms with van der Waals surface area (Å²) in [6.45, 7) is 1.33. The van der Waals surface area contributed by atoms with Crippen molar-refractivity contribution in [2.45, 2.75) is 12.6 Å². The van der Waals surface area contributed by atoms with Crippen LogP contribution in [0.1, 0.15) is 17.2 Å². The number of fused-ring (bicyclic) bond motifs is 1. The van der Waals surface area contributed by atoms with E-state index in [0.717, 1.165) is 5.69 Å². The van der Waals surface area contributed by atoms with Gasteiger partial charge in [-0.05, 0) is 23.3 Å². The number of methoxy groups -OCH3 is 1. The molecule has 1 aliphatic heterocycles. The van der Waals surface area contributed by atoms with Crippen LogP contribution >= 0.6 is 0 Å². The monoisotopic (exact) mass is 256 g/mol. The smallest absolute Gasteiger partial charge is 0.237 e. The minimum absolute atomic E-state index is 0.128. The summed E-state index contributed by atoms with van der Waals surface area (Å²) in [5.41, 5.74) is 3.39. The molecular formula is C15H16N2O2. The number of hydrogen-bond acceptors (Lipinski definition) is 4. The van der Waals surface area contributed by atoms with E-state index >= 15 is 0 Å². The lowest BCUT2D eigenvalue weighted by Crippen LogP contribution is -2.23. The minimum atomic E-state index is 0.128. The highest BCUT2D eigenvalue weighted by atomic mass is 16.5. The lowest BCUT2D eigenvalue weighted by Gasteiger charge is -2.27. The first-order chi connectivity index (χ1) is 9.38. The topological polar surface area (TPSA) is 43.4 Å². The summed E-state index contributed by atoms with van der Waals surface area (Å²) in [5, 5.41) is 3.44. The average molecular weight is 256 g/mol. The van der Waals surface area contributed by atoms with Gasteiger partial charge in [-0.3, -0.25) is 0 Å². The number of benzene rings is 1. The summed E-state index contributed by atoms with van der Waals surface area (Å²) in [4.78, 5) is 4.19. The highest BCUT2D eigenvalue weighted by Crippen LogP contribution is 2.30. The number of anilines is 1. The molecule has 0 spiro atoms. The Balaban J connectivity index is 1.88. The van der Waals surface area contributed by atoms with Gasteiger partial charge >= 0.3 is 0 Å². The standard InChI is InChI=1S/C15H16N2O2/c1-18-15-13(7-4-8-16-15)17-14-10-19-9-11-5-2-3-6-12(11)14/h2-8,14,17H,9-10H2,1H3. The van der Waals surface area contributed by atoms with Gasteiger partial charge < -0.3 is 14.8 Å². The largest absolute Gasteiger partial charge is 0.480 e. The van der Waals surface area contributed by atoms with Crippen LogP contribution in [0.3, 0.4) is 0 Å². The third-order valence-corrected chi connectivity index (χ3v) is 3.27. The molecule has 1 aliphatic rings. The number of nitrogens with zero attached hydrogens (tertiary/aromatic N) is 1. The van der Waals surface area contributed by atoms with Crippen molar-refractivity contribution >= 4 is 5.69 Å². The van der Waals surface area contributed by atoms with Gasteiger partial charge in [-0.15, -0.1) is 0 Å². The Labute approximate surface area is 112 Å². The van der Waals surface area contributed by atoms with E-state index in [0.29, 0.717) is 19.1 Å². The van der Waals surface area contributed by atoms with Crippen LogP contribution in [0.2, 0.25) is 0 Å². The molecule has 0 amide bonds. The summed E-state index contributed by atoms with van der Waals surface area (Å²) in [6.07, 6.45) is 1.72. The molecule has 1 atom stereocenters. The molecule has 0 radical (unpaired) electrons. The zero-order chi connectivity index (χ0) is 13.1. The maximum atomic E-state index is 5.63. The molecular weight excluding hydrogens is 240 g/mol. The van der Waals surface area contributed by atoms with Gasteiger partial charge in [0.25, 0.3) is 0 Å². The summed E-state index contributed by atoms with van der Waals surface area (Å²) >= 11 is 0. The van der Waals surface area contributed by atoms with Gasteiger partial charge in [-0.1, -0.05) is 24.3 Å². The lowest BCUT2D eigenvalue weighted by atomic mass is 9.99. The van der Waals surface area contributed by atoms with E-state index in [9.17, 15) is 0 Å². The van der Waals surface area contributed by atoms with Crippen molar-refractivity contribution in [1.82, 2.24) is 4.98 Å². The van der Waals surface area contributed by atoms with Crippen LogP contribution in [0.15, 0.2) is 42.6 Å². The van der Waals surface area contributed by atoms with Crippen LogP contribution < -0.4 is 10.1 Å². The molecule has 98 valence electrons. The normalized spacial score (nSPS) is 17.6. The first kappa shape index (κ1) is 12.0. The van der Waals surface area contributed by atoms with Crippen molar-refractivity contribution in [2.75, 3.05) is 19.0 Å². The van der Waals surface area contributed by atoms with Crippen LogP contribution in [0, 0.1) is 0 Å². The van der Waals surface area contributed by atoms with Gasteiger partial charge in [0.15, 0.2) is 0 Å². The van der Waals surface area contributed by atoms with Crippen molar-refractivity contribution in [2.24, 2.45) is 0 Å². The molecule has 3 rings (SSSR count). The Kier molecular flexibility index (Phi) is 3.33. The van der Waals surface area contributed by atoms with Crippen molar-refractivity contribution in [3.63, 3.8) is 0 Å². The second-order valence-corrected chi connectivity index (χ2v) is 4.47. The number of aromatic nitrogens is 1. The van der Waals surface area contributed by atoms with Gasteiger partial charge in [0.2, 0.25) is 5.88 Å². The number of ether oxygens (including phenoxy) is 2. The fourth-order valence-corrected chi connectivity index (χ4v) is 2.35. The summed E-state index contributed by atoms with van der Waals surface area (Å²) in [5.74, 6) is 0.602. The third-order valence-electron chi connectivity index (χ3n) is 3.27. The predicted molar refractivity (Wildman–Crippen MR) is 73.3 cm³/mol. The van der Waals surface area contributed by atoms with Gasteiger partial charge in [0.05, 0.1) is 32.1 Å². The van der Waals surface area contributed by atoms with Crippen LogP contribution in [-0.4, -0.2) is 18.7 Å². The van der Waals surface area contributed by atoms with Crippen molar-refractivity contribution < 1.29 is 9.47 Å². The van der Waals surface area contributed by atoms with Crippen LogP contribution in [-0.2, 0) is 11.3 Å². The number of rotatable bonds is 3. The zero-order valence-electron chi connectivity index (χ0n) is 10.8. The molecule has 1 N–H and O–H groups in total. The third kappa shape index (κ3) is 2.39. The quantitative estimate of drug-likeness (QED) is 0.917. The van der Waals surface area contributed by atoms with E-state index in [1.807, 2.05) is 18.2 Å². The van der Waals surface area contributed by atoms with Crippen LogP contribution in [0.5, 0.6) is 5.88 Å². The van der Waals surface area contributed by atoms with E-state index in [4.69, 9.17) is 9.47 Å². The Morgan fingerprint density at radius 1 is 1.26 bits per heavy atom. The fourth-order valence-electron chi connectivity index (χ4n) is 2.35. The highest BCUT2D eigenvalue weighted by molar-refractivity contribution is 5.54. The Morgan fingerprint density at radius 3 is 3.05 bits per heavy atom. The first-order valence-electron chi connectivity index (χ1n) is 6.29. The molecule has 1 aromatic carbocycles. The Morgan fingerprint density at radius 2 is 2.16 bits per heavy atom. The molecule has 2 heterocycles. The van der Waals surface area contributed by atoms with E-state index in [2.05, 4.69) is 28.5 Å². The molecule has 0 bridgehead atoms. The number of pyridine rings is 1. The van der Waals surface area contributed by atoms with Crippen molar-refractivity contribution in [3.05, 3.63) is 53.7 Å². The summed E-state index contributed by atoms with van der Waals surface area (Å²) in [6, 6.07) is 12.3. The summed E-state index contributed by atoms with van der Waals surface area (Å²) in [7, 11) is 1.62. The molecule has 4 heteroatoms. The first-order valence-corrected chi connectivity index (χ1v) is 6.29. The van der Waals surface area contributed by atoms with Crippen molar-refractivity contribution in [1.29, 1.82) is 0 Å². The molecule has 0 aliphatic carbocycles. The Hall–Kier alpha value is -2.07. The second kappa shape index (κ2) is 5.28. The molecule has 4 nitrogen and oxygen atoms in total. The van der Waals surface area contributed by atoms with Gasteiger partial charge in [0.1, 0.15) is 0 Å². The maximum absolute atomic E-state index is 5.63. The number of hydrogen-bond donors (Lipinski definition) is 1. The van der Waals surface area contributed by atoms with Gasteiger partial charge in [-0.2, -0.15) is 0 Å². The molecule has 1 aromatic heterocycles. The van der Waals surface area contributed by atoms with Crippen molar-refractivity contribution in [3.8, 4) is 5.88 Å². The van der Waals surface area contributed by atoms with Crippen LogP contribution in [0.4, 0.5) is 5.69 Å². The molecule has 0 fully saturated rings. The fraction of sp³-hybridized carbons (Fsp3) is 0.267. The van der Waals surface area contributed by atoms with Gasteiger partial charge in [0, 0.05) is 6.20 Å². The average Bonchev–Trinajstić information content (AvgIpc) is 2.48. The molecule has 2 aromatic rings. The lowest BCUT2D eigenvalue weighted by molar-refractivity contribution is 0.0969. The molecule has 19 heavy (non-hydrogen) atoms. The molecule has 1 unspecified atom stereocenters. The summed E-state index contributed by atoms with van der Waals surface area (Å²) < 4.78 is 10.9. The minimum Gasteiger partial charge on any atom is -0.480 e. The molecule has 0 saturated heterocycles. The SMILES string of the molecule is COc1ncccc1NC1COCc2ccccc21. The molecule has 0 saturated carbocycles. The number of nitrogens with one attached hydrogen (secondary N) is 1. The van der Waals surface area contributed by atoms with E-state index in [1.165, 1.54) is 11.1 Å². The highest BCUT2D eigenvalue weighted by Gasteiger charge is 2.21. The second-order valence-electron chi connectivity index (χ2n) is 4.47. The van der Waals surface area contributed by atoms with E-state index < -0.39 is 0 Å². The van der Waals surface area contributed by atoms with E-state index in [-0.39, 0.29) is 6.04 Å². The maximum Gasteiger partial charge on any atom is 0.237 e.